The standard InChI is InChI=1S/C23H26N2O3/c1-3-22(26)23(27)25-21-13-24-20-9-8-17(12-19(20)21)28-18-10-16(11-18)15-6-4-14(2)5-7-15/h4-9,12-13,16,18,22,24,26H,3,10-11H2,1-2H3,(H,25,27)/t16?,18?,22-/m1/s1. The van der Waals surface area contributed by atoms with Crippen molar-refractivity contribution in [2.75, 3.05) is 5.32 Å². The monoisotopic (exact) mass is 378 g/mol. The van der Waals surface area contributed by atoms with Crippen LogP contribution in [0.4, 0.5) is 5.69 Å². The Morgan fingerprint density at radius 3 is 2.71 bits per heavy atom. The van der Waals surface area contributed by atoms with Crippen molar-refractivity contribution in [1.82, 2.24) is 4.98 Å². The Balaban J connectivity index is 1.42. The van der Waals surface area contributed by atoms with Gasteiger partial charge in [-0.05, 0) is 55.9 Å². The molecule has 3 N–H and O–H groups in total. The van der Waals surface area contributed by atoms with Gasteiger partial charge >= 0.3 is 0 Å². The number of benzene rings is 2. The summed E-state index contributed by atoms with van der Waals surface area (Å²) in [6, 6.07) is 14.6. The van der Waals surface area contributed by atoms with Crippen LogP contribution in [0.25, 0.3) is 10.9 Å². The first-order chi connectivity index (χ1) is 13.5. The zero-order chi connectivity index (χ0) is 19.7. The number of aromatic amines is 1. The van der Waals surface area contributed by atoms with Crippen LogP contribution in [0.15, 0.2) is 48.7 Å². The highest BCUT2D eigenvalue weighted by Crippen LogP contribution is 2.40. The van der Waals surface area contributed by atoms with E-state index in [1.165, 1.54) is 11.1 Å². The fraction of sp³-hybridized carbons (Fsp3) is 0.348. The Labute approximate surface area is 164 Å². The highest BCUT2D eigenvalue weighted by Gasteiger charge is 2.32. The zero-order valence-corrected chi connectivity index (χ0v) is 16.2. The molecule has 4 rings (SSSR count). The third-order valence-corrected chi connectivity index (χ3v) is 5.55. The van der Waals surface area contributed by atoms with Gasteiger partial charge in [0.25, 0.3) is 5.91 Å². The van der Waals surface area contributed by atoms with Gasteiger partial charge in [0, 0.05) is 17.1 Å². The van der Waals surface area contributed by atoms with Gasteiger partial charge in [-0.3, -0.25) is 4.79 Å². The molecule has 1 amide bonds. The van der Waals surface area contributed by atoms with E-state index in [1.807, 2.05) is 18.2 Å². The van der Waals surface area contributed by atoms with Gasteiger partial charge in [0.1, 0.15) is 11.9 Å². The number of hydrogen-bond donors (Lipinski definition) is 3. The number of rotatable bonds is 6. The summed E-state index contributed by atoms with van der Waals surface area (Å²) in [5.74, 6) is 0.965. The molecule has 5 nitrogen and oxygen atoms in total. The van der Waals surface area contributed by atoms with Crippen molar-refractivity contribution >= 4 is 22.5 Å². The molecule has 0 saturated heterocycles. The van der Waals surface area contributed by atoms with Crippen LogP contribution in [0.3, 0.4) is 0 Å². The molecule has 1 heterocycles. The minimum atomic E-state index is -1.00. The summed E-state index contributed by atoms with van der Waals surface area (Å²) >= 11 is 0. The maximum Gasteiger partial charge on any atom is 0.253 e. The fourth-order valence-corrected chi connectivity index (χ4v) is 3.64. The van der Waals surface area contributed by atoms with Crippen LogP contribution in [-0.4, -0.2) is 28.2 Å². The normalized spacial score (nSPS) is 19.8. The van der Waals surface area contributed by atoms with Crippen LogP contribution in [0.2, 0.25) is 0 Å². The van der Waals surface area contributed by atoms with Crippen molar-refractivity contribution in [3.05, 3.63) is 59.8 Å². The summed E-state index contributed by atoms with van der Waals surface area (Å²) in [5.41, 5.74) is 4.24. The lowest BCUT2D eigenvalue weighted by Gasteiger charge is -2.35. The quantitative estimate of drug-likeness (QED) is 0.591. The Hall–Kier alpha value is -2.79. The van der Waals surface area contributed by atoms with Gasteiger partial charge in [-0.1, -0.05) is 36.8 Å². The third-order valence-electron chi connectivity index (χ3n) is 5.55. The fourth-order valence-electron chi connectivity index (χ4n) is 3.64. The second-order valence-electron chi connectivity index (χ2n) is 7.64. The number of carbonyl (C=O) groups excluding carboxylic acids is 1. The first kappa shape index (κ1) is 18.6. The van der Waals surface area contributed by atoms with Gasteiger partial charge in [0.2, 0.25) is 0 Å². The third kappa shape index (κ3) is 3.76. The average molecular weight is 378 g/mol. The summed E-state index contributed by atoms with van der Waals surface area (Å²) in [5, 5.41) is 13.4. The molecule has 1 aromatic heterocycles. The Bertz CT molecular complexity index is 971. The number of anilines is 1. The SMILES string of the molecule is CC[C@@H](O)C(=O)Nc1c[nH]c2ccc(OC3CC(c4ccc(C)cc4)C3)cc12. The van der Waals surface area contributed by atoms with Crippen LogP contribution in [0.5, 0.6) is 5.75 Å². The molecule has 0 spiro atoms. The van der Waals surface area contributed by atoms with E-state index in [4.69, 9.17) is 4.74 Å². The topological polar surface area (TPSA) is 74.4 Å². The van der Waals surface area contributed by atoms with E-state index in [1.54, 1.807) is 13.1 Å². The van der Waals surface area contributed by atoms with Crippen LogP contribution >= 0.6 is 0 Å². The van der Waals surface area contributed by atoms with E-state index in [2.05, 4.69) is 41.5 Å². The molecule has 0 unspecified atom stereocenters. The molecule has 0 aliphatic heterocycles. The average Bonchev–Trinajstić information content (AvgIpc) is 3.06. The lowest BCUT2D eigenvalue weighted by molar-refractivity contribution is -0.124. The molecule has 0 radical (unpaired) electrons. The molecule has 1 aliphatic carbocycles. The first-order valence-corrected chi connectivity index (χ1v) is 9.86. The van der Waals surface area contributed by atoms with Gasteiger partial charge in [0.05, 0.1) is 11.8 Å². The number of carbonyl (C=O) groups is 1. The zero-order valence-electron chi connectivity index (χ0n) is 16.2. The summed E-state index contributed by atoms with van der Waals surface area (Å²) in [7, 11) is 0. The van der Waals surface area contributed by atoms with Crippen molar-refractivity contribution in [2.45, 2.75) is 51.2 Å². The summed E-state index contributed by atoms with van der Waals surface area (Å²) in [6.07, 6.45) is 3.36. The lowest BCUT2D eigenvalue weighted by atomic mass is 9.77. The molecule has 0 bridgehead atoms. The molecule has 5 heteroatoms. The van der Waals surface area contributed by atoms with Gasteiger partial charge < -0.3 is 20.1 Å². The molecule has 2 aromatic carbocycles. The molecule has 1 atom stereocenters. The Morgan fingerprint density at radius 1 is 1.25 bits per heavy atom. The summed E-state index contributed by atoms with van der Waals surface area (Å²) in [4.78, 5) is 15.1. The second kappa shape index (κ2) is 7.68. The van der Waals surface area contributed by atoms with Gasteiger partial charge in [-0.2, -0.15) is 0 Å². The van der Waals surface area contributed by atoms with E-state index in [-0.39, 0.29) is 6.10 Å². The van der Waals surface area contributed by atoms with Crippen molar-refractivity contribution < 1.29 is 14.6 Å². The van der Waals surface area contributed by atoms with Crippen molar-refractivity contribution in [1.29, 1.82) is 0 Å². The van der Waals surface area contributed by atoms with E-state index >= 15 is 0 Å². The first-order valence-electron chi connectivity index (χ1n) is 9.86. The van der Waals surface area contributed by atoms with Crippen LogP contribution in [0.1, 0.15) is 43.2 Å². The summed E-state index contributed by atoms with van der Waals surface area (Å²) < 4.78 is 6.16. The van der Waals surface area contributed by atoms with E-state index < -0.39 is 12.0 Å². The number of nitrogens with one attached hydrogen (secondary N) is 2. The summed E-state index contributed by atoms with van der Waals surface area (Å²) in [6.45, 7) is 3.88. The highest BCUT2D eigenvalue weighted by atomic mass is 16.5. The van der Waals surface area contributed by atoms with E-state index in [0.29, 0.717) is 18.0 Å². The molecule has 1 fully saturated rings. The smallest absolute Gasteiger partial charge is 0.253 e. The maximum atomic E-state index is 12.0. The molecule has 3 aromatic rings. The Kier molecular flexibility index (Phi) is 5.09. The number of amides is 1. The molecular formula is C23H26N2O3. The van der Waals surface area contributed by atoms with E-state index in [0.717, 1.165) is 29.5 Å². The lowest BCUT2D eigenvalue weighted by Crippen LogP contribution is -2.32. The number of aromatic nitrogens is 1. The van der Waals surface area contributed by atoms with Crippen LogP contribution < -0.4 is 10.1 Å². The predicted molar refractivity (Wildman–Crippen MR) is 111 cm³/mol. The molecule has 1 aliphatic rings. The molecule has 1 saturated carbocycles. The predicted octanol–water partition coefficient (Wildman–Crippen LogP) is 4.51. The highest BCUT2D eigenvalue weighted by molar-refractivity contribution is 6.03. The van der Waals surface area contributed by atoms with Gasteiger partial charge in [-0.15, -0.1) is 0 Å². The Morgan fingerprint density at radius 2 is 2.00 bits per heavy atom. The number of ether oxygens (including phenoxy) is 1. The maximum absolute atomic E-state index is 12.0. The van der Waals surface area contributed by atoms with E-state index in [9.17, 15) is 9.90 Å². The van der Waals surface area contributed by atoms with Crippen molar-refractivity contribution in [3.8, 4) is 5.75 Å². The van der Waals surface area contributed by atoms with Crippen LogP contribution in [0, 0.1) is 6.92 Å². The number of aryl methyl sites for hydroxylation is 1. The number of aliphatic hydroxyl groups excluding tert-OH is 1. The number of fused-ring (bicyclic) bond motifs is 1. The minimum Gasteiger partial charge on any atom is -0.490 e. The van der Waals surface area contributed by atoms with Crippen LogP contribution in [-0.2, 0) is 4.79 Å². The van der Waals surface area contributed by atoms with Crippen molar-refractivity contribution in [2.24, 2.45) is 0 Å². The number of hydrogen-bond acceptors (Lipinski definition) is 3. The number of aliphatic hydroxyl groups is 1. The molecule has 146 valence electrons. The second-order valence-corrected chi connectivity index (χ2v) is 7.64. The van der Waals surface area contributed by atoms with Gasteiger partial charge in [0.15, 0.2) is 0 Å². The van der Waals surface area contributed by atoms with Crippen molar-refractivity contribution in [3.63, 3.8) is 0 Å². The minimum absolute atomic E-state index is 0.211. The number of H-pyrrole nitrogens is 1. The molecule has 28 heavy (non-hydrogen) atoms. The van der Waals surface area contributed by atoms with Gasteiger partial charge in [-0.25, -0.2) is 0 Å². The largest absolute Gasteiger partial charge is 0.490 e. The molecular weight excluding hydrogens is 352 g/mol.